The number of carbonyl (C=O) groups excluding carboxylic acids is 1. The molecule has 1 aliphatic rings. The van der Waals surface area contributed by atoms with Crippen molar-refractivity contribution in [3.8, 4) is 0 Å². The van der Waals surface area contributed by atoms with Crippen LogP contribution >= 0.6 is 0 Å². The van der Waals surface area contributed by atoms with Crippen molar-refractivity contribution in [1.29, 1.82) is 0 Å². The van der Waals surface area contributed by atoms with Crippen LogP contribution in [0.15, 0.2) is 24.3 Å². The third kappa shape index (κ3) is 1.37. The molecule has 1 heteroatoms. The Morgan fingerprint density at radius 2 is 1.86 bits per heavy atom. The first-order chi connectivity index (χ1) is 6.63. The highest BCUT2D eigenvalue weighted by Crippen LogP contribution is 2.37. The molecule has 74 valence electrons. The average molecular weight is 188 g/mol. The van der Waals surface area contributed by atoms with Crippen LogP contribution in [-0.2, 0) is 10.2 Å². The second-order valence-corrected chi connectivity index (χ2v) is 4.47. The van der Waals surface area contributed by atoms with E-state index in [0.717, 1.165) is 19.3 Å². The van der Waals surface area contributed by atoms with Crippen LogP contribution in [0.1, 0.15) is 37.3 Å². The molecule has 1 nitrogen and oxygen atoms in total. The molecule has 1 aliphatic carbocycles. The summed E-state index contributed by atoms with van der Waals surface area (Å²) >= 11 is 0. The highest BCUT2D eigenvalue weighted by atomic mass is 16.1. The largest absolute Gasteiger partial charge is 0.299 e. The summed E-state index contributed by atoms with van der Waals surface area (Å²) in [6.45, 7) is 4.15. The minimum absolute atomic E-state index is 0.201. The Morgan fingerprint density at radius 3 is 2.36 bits per heavy atom. The van der Waals surface area contributed by atoms with Gasteiger partial charge in [0.05, 0.1) is 5.41 Å². The van der Waals surface area contributed by atoms with Gasteiger partial charge in [-0.15, -0.1) is 0 Å². The molecule has 0 amide bonds. The first-order valence-corrected chi connectivity index (χ1v) is 5.23. The van der Waals surface area contributed by atoms with Crippen molar-refractivity contribution < 1.29 is 4.79 Å². The van der Waals surface area contributed by atoms with Crippen LogP contribution in [0.25, 0.3) is 0 Å². The molecule has 0 heterocycles. The van der Waals surface area contributed by atoms with Gasteiger partial charge in [-0.1, -0.05) is 29.8 Å². The molecule has 0 N–H and O–H groups in total. The molecular formula is C13H16O. The van der Waals surface area contributed by atoms with Gasteiger partial charge in [0.15, 0.2) is 0 Å². The number of rotatable bonds is 1. The second kappa shape index (κ2) is 3.23. The monoisotopic (exact) mass is 188 g/mol. The Bertz CT molecular complexity index is 350. The van der Waals surface area contributed by atoms with E-state index >= 15 is 0 Å². The van der Waals surface area contributed by atoms with Crippen molar-refractivity contribution in [2.75, 3.05) is 0 Å². The quantitative estimate of drug-likeness (QED) is 0.662. The van der Waals surface area contributed by atoms with Crippen LogP contribution in [0.2, 0.25) is 0 Å². The van der Waals surface area contributed by atoms with Gasteiger partial charge in [-0.25, -0.2) is 0 Å². The van der Waals surface area contributed by atoms with Gasteiger partial charge in [-0.2, -0.15) is 0 Å². The molecule has 0 bridgehead atoms. The number of benzene rings is 1. The smallest absolute Gasteiger partial charge is 0.143 e. The molecule has 1 atom stereocenters. The van der Waals surface area contributed by atoms with E-state index in [1.165, 1.54) is 11.1 Å². The minimum Gasteiger partial charge on any atom is -0.299 e. The molecule has 0 unspecified atom stereocenters. The molecule has 0 radical (unpaired) electrons. The van der Waals surface area contributed by atoms with Crippen molar-refractivity contribution in [3.63, 3.8) is 0 Å². The lowest BCUT2D eigenvalue weighted by atomic mass is 9.80. The minimum atomic E-state index is -0.201. The average Bonchev–Trinajstić information content (AvgIpc) is 2.49. The van der Waals surface area contributed by atoms with Crippen molar-refractivity contribution in [1.82, 2.24) is 0 Å². The predicted octanol–water partition coefficient (Wildman–Crippen LogP) is 3.01. The molecule has 0 aliphatic heterocycles. The normalized spacial score (nSPS) is 26.9. The molecule has 1 aromatic rings. The molecule has 0 spiro atoms. The Hall–Kier alpha value is -1.11. The zero-order valence-electron chi connectivity index (χ0n) is 8.84. The number of ketones is 1. The first-order valence-electron chi connectivity index (χ1n) is 5.23. The predicted molar refractivity (Wildman–Crippen MR) is 57.4 cm³/mol. The second-order valence-electron chi connectivity index (χ2n) is 4.47. The van der Waals surface area contributed by atoms with Gasteiger partial charge >= 0.3 is 0 Å². The fourth-order valence-electron chi connectivity index (χ4n) is 2.24. The molecule has 14 heavy (non-hydrogen) atoms. The van der Waals surface area contributed by atoms with E-state index < -0.39 is 0 Å². The standard InChI is InChI=1S/C13H16O/c1-10-5-7-11(8-6-10)13(2)9-3-4-12(13)14/h5-8H,3-4,9H2,1-2H3/t13-/m0/s1. The molecule has 0 saturated heterocycles. The van der Waals surface area contributed by atoms with Crippen molar-refractivity contribution in [3.05, 3.63) is 35.4 Å². The number of Topliss-reactive ketones (excluding diaryl/α,β-unsaturated/α-hetero) is 1. The summed E-state index contributed by atoms with van der Waals surface area (Å²) in [5.41, 5.74) is 2.24. The Balaban J connectivity index is 2.38. The number of hydrogen-bond acceptors (Lipinski definition) is 1. The molecule has 1 aromatic carbocycles. The van der Waals surface area contributed by atoms with Crippen LogP contribution in [0.4, 0.5) is 0 Å². The SMILES string of the molecule is Cc1ccc([C@]2(C)CCCC2=O)cc1. The van der Waals surface area contributed by atoms with E-state index in [1.54, 1.807) is 0 Å². The van der Waals surface area contributed by atoms with Crippen LogP contribution in [0.5, 0.6) is 0 Å². The molecular weight excluding hydrogens is 172 g/mol. The van der Waals surface area contributed by atoms with Crippen LogP contribution in [-0.4, -0.2) is 5.78 Å². The third-order valence-corrected chi connectivity index (χ3v) is 3.38. The molecule has 1 saturated carbocycles. The van der Waals surface area contributed by atoms with E-state index in [1.807, 2.05) is 0 Å². The van der Waals surface area contributed by atoms with Crippen LogP contribution in [0, 0.1) is 6.92 Å². The van der Waals surface area contributed by atoms with Crippen molar-refractivity contribution in [2.24, 2.45) is 0 Å². The molecule has 2 rings (SSSR count). The van der Waals surface area contributed by atoms with Gasteiger partial charge in [-0.05, 0) is 32.3 Å². The highest BCUT2D eigenvalue weighted by Gasteiger charge is 2.38. The summed E-state index contributed by atoms with van der Waals surface area (Å²) in [7, 11) is 0. The van der Waals surface area contributed by atoms with Crippen LogP contribution in [0.3, 0.4) is 0 Å². The van der Waals surface area contributed by atoms with Crippen LogP contribution < -0.4 is 0 Å². The molecule has 0 aromatic heterocycles. The van der Waals surface area contributed by atoms with Crippen molar-refractivity contribution >= 4 is 5.78 Å². The lowest BCUT2D eigenvalue weighted by Crippen LogP contribution is -2.26. The number of carbonyl (C=O) groups is 1. The first kappa shape index (κ1) is 9.45. The van der Waals surface area contributed by atoms with E-state index in [9.17, 15) is 4.79 Å². The van der Waals surface area contributed by atoms with Gasteiger partial charge in [0.1, 0.15) is 5.78 Å². The lowest BCUT2D eigenvalue weighted by Gasteiger charge is -2.22. The zero-order chi connectivity index (χ0) is 10.2. The highest BCUT2D eigenvalue weighted by molar-refractivity contribution is 5.91. The van der Waals surface area contributed by atoms with Gasteiger partial charge < -0.3 is 0 Å². The van der Waals surface area contributed by atoms with Crippen molar-refractivity contribution in [2.45, 2.75) is 38.5 Å². The van der Waals surface area contributed by atoms with E-state index in [-0.39, 0.29) is 5.41 Å². The third-order valence-electron chi connectivity index (χ3n) is 3.38. The maximum absolute atomic E-state index is 11.8. The van der Waals surface area contributed by atoms with E-state index in [2.05, 4.69) is 38.1 Å². The Labute approximate surface area is 85.1 Å². The number of aryl methyl sites for hydroxylation is 1. The summed E-state index contributed by atoms with van der Waals surface area (Å²) in [6, 6.07) is 8.37. The topological polar surface area (TPSA) is 17.1 Å². The summed E-state index contributed by atoms with van der Waals surface area (Å²) < 4.78 is 0. The van der Waals surface area contributed by atoms with E-state index in [0.29, 0.717) is 5.78 Å². The maximum atomic E-state index is 11.8. The maximum Gasteiger partial charge on any atom is 0.143 e. The fraction of sp³-hybridized carbons (Fsp3) is 0.462. The summed E-state index contributed by atoms with van der Waals surface area (Å²) in [6.07, 6.45) is 2.81. The Kier molecular flexibility index (Phi) is 2.18. The lowest BCUT2D eigenvalue weighted by molar-refractivity contribution is -0.121. The van der Waals surface area contributed by atoms with Gasteiger partial charge in [0, 0.05) is 6.42 Å². The Morgan fingerprint density at radius 1 is 1.21 bits per heavy atom. The summed E-state index contributed by atoms with van der Waals surface area (Å²) in [4.78, 5) is 11.8. The van der Waals surface area contributed by atoms with Gasteiger partial charge in [-0.3, -0.25) is 4.79 Å². The van der Waals surface area contributed by atoms with E-state index in [4.69, 9.17) is 0 Å². The summed E-state index contributed by atoms with van der Waals surface area (Å²) in [5, 5.41) is 0. The number of hydrogen-bond donors (Lipinski definition) is 0. The zero-order valence-corrected chi connectivity index (χ0v) is 8.84. The van der Waals surface area contributed by atoms with Gasteiger partial charge in [0.25, 0.3) is 0 Å². The van der Waals surface area contributed by atoms with Gasteiger partial charge in [0.2, 0.25) is 0 Å². The molecule has 1 fully saturated rings. The summed E-state index contributed by atoms with van der Waals surface area (Å²) in [5.74, 6) is 0.404. The fourth-order valence-corrected chi connectivity index (χ4v) is 2.24.